The quantitative estimate of drug-likeness (QED) is 0.852. The van der Waals surface area contributed by atoms with E-state index in [1.807, 2.05) is 0 Å². The van der Waals surface area contributed by atoms with Gasteiger partial charge in [0.05, 0.1) is 0 Å². The second-order valence-electron chi connectivity index (χ2n) is 6.23. The summed E-state index contributed by atoms with van der Waals surface area (Å²) in [4.78, 5) is 0. The molecule has 0 aromatic heterocycles. The Kier molecular flexibility index (Phi) is 4.08. The highest BCUT2D eigenvalue weighted by molar-refractivity contribution is 7.06. The van der Waals surface area contributed by atoms with E-state index < -0.39 is 16.5 Å². The van der Waals surface area contributed by atoms with E-state index in [1.54, 1.807) is 0 Å². The molecule has 19 heavy (non-hydrogen) atoms. The predicted octanol–water partition coefficient (Wildman–Crippen LogP) is 2.80. The Balaban J connectivity index is 2.51. The van der Waals surface area contributed by atoms with Crippen molar-refractivity contribution in [2.45, 2.75) is 26.2 Å². The van der Waals surface area contributed by atoms with E-state index in [1.165, 1.54) is 10.4 Å². The molecule has 100 valence electrons. The predicted molar refractivity (Wildman–Crippen MR) is 90.3 cm³/mol. The van der Waals surface area contributed by atoms with Crippen molar-refractivity contribution in [2.75, 3.05) is 0 Å². The van der Waals surface area contributed by atoms with Gasteiger partial charge in [0, 0.05) is 0 Å². The van der Waals surface area contributed by atoms with Crippen LogP contribution < -0.4 is 15.0 Å². The zero-order chi connectivity index (χ0) is 13.9. The molecule has 1 nitrogen and oxygen atoms in total. The summed E-state index contributed by atoms with van der Waals surface area (Å²) in [6.45, 7) is 9.56. The Hall–Kier alpha value is -1.17. The maximum absolute atomic E-state index is 4.04. The largest absolute Gasteiger partial charge is 0.352 e. The minimum Gasteiger partial charge on any atom is -0.352 e. The molecule has 0 aliphatic carbocycles. The van der Waals surface area contributed by atoms with Gasteiger partial charge in [0.2, 0.25) is 0 Å². The van der Waals surface area contributed by atoms with Gasteiger partial charge in [-0.3, -0.25) is 0 Å². The monoisotopic (exact) mass is 285 g/mol. The summed E-state index contributed by atoms with van der Waals surface area (Å²) in [6.07, 6.45) is 0. The topological polar surface area (TPSA) is 12.0 Å². The van der Waals surface area contributed by atoms with Gasteiger partial charge < -0.3 is 4.65 Å². The van der Waals surface area contributed by atoms with Crippen LogP contribution in [0.5, 0.6) is 0 Å². The number of hydrogen-bond acceptors (Lipinski definition) is 1. The van der Waals surface area contributed by atoms with Crippen molar-refractivity contribution in [3.63, 3.8) is 0 Å². The summed E-state index contributed by atoms with van der Waals surface area (Å²) in [5.41, 5.74) is 0. The van der Waals surface area contributed by atoms with E-state index in [0.717, 1.165) is 0 Å². The molecular formula is C16H23NSi2. The van der Waals surface area contributed by atoms with Crippen LogP contribution in [0.15, 0.2) is 60.7 Å². The lowest BCUT2D eigenvalue weighted by atomic mass is 10.4. The summed E-state index contributed by atoms with van der Waals surface area (Å²) in [6, 6.07) is 21.9. The third-order valence-electron chi connectivity index (χ3n) is 3.33. The Morgan fingerprint density at radius 2 is 1.00 bits per heavy atom. The molecule has 0 saturated carbocycles. The van der Waals surface area contributed by atoms with Gasteiger partial charge in [0.25, 0.3) is 0 Å². The fourth-order valence-electron chi connectivity index (χ4n) is 2.60. The fraction of sp³-hybridized carbons (Fsp3) is 0.250. The van der Waals surface area contributed by atoms with Crippen LogP contribution in [0.2, 0.25) is 26.2 Å². The molecule has 0 radical (unpaired) electrons. The lowest BCUT2D eigenvalue weighted by Gasteiger charge is -2.36. The number of nitrogens with one attached hydrogen (secondary N) is 1. The fourth-order valence-corrected chi connectivity index (χ4v) is 11.8. The molecular weight excluding hydrogens is 262 g/mol. The second kappa shape index (κ2) is 5.45. The van der Waals surface area contributed by atoms with E-state index in [9.17, 15) is 0 Å². The van der Waals surface area contributed by atoms with Crippen molar-refractivity contribution in [1.82, 2.24) is 4.65 Å². The minimum absolute atomic E-state index is 1.35. The molecule has 0 spiro atoms. The molecule has 0 fully saturated rings. The molecule has 2 aromatic rings. The second-order valence-corrected chi connectivity index (χ2v) is 15.1. The third kappa shape index (κ3) is 3.44. The molecule has 0 aliphatic rings. The van der Waals surface area contributed by atoms with Gasteiger partial charge in [-0.1, -0.05) is 80.3 Å². The van der Waals surface area contributed by atoms with Crippen LogP contribution in [0.25, 0.3) is 0 Å². The molecule has 0 heterocycles. The van der Waals surface area contributed by atoms with Crippen LogP contribution in [-0.4, -0.2) is 16.5 Å². The van der Waals surface area contributed by atoms with Crippen molar-refractivity contribution in [2.24, 2.45) is 0 Å². The minimum atomic E-state index is -1.83. The van der Waals surface area contributed by atoms with Crippen LogP contribution in [0.1, 0.15) is 0 Å². The van der Waals surface area contributed by atoms with Gasteiger partial charge in [-0.05, 0) is 16.9 Å². The maximum Gasteiger partial charge on any atom is 0.180 e. The smallest absolute Gasteiger partial charge is 0.180 e. The van der Waals surface area contributed by atoms with Gasteiger partial charge in [0.15, 0.2) is 8.24 Å². The maximum atomic E-state index is 4.04. The highest BCUT2D eigenvalue weighted by atomic mass is 28.4. The highest BCUT2D eigenvalue weighted by Gasteiger charge is 2.35. The molecule has 1 N–H and O–H groups in total. The Labute approximate surface area is 118 Å². The highest BCUT2D eigenvalue weighted by Crippen LogP contribution is 2.07. The molecule has 0 unspecified atom stereocenters. The lowest BCUT2D eigenvalue weighted by molar-refractivity contribution is 1.34. The molecule has 0 bridgehead atoms. The first-order valence-corrected chi connectivity index (χ1v) is 12.8. The van der Waals surface area contributed by atoms with Crippen LogP contribution in [0.3, 0.4) is 0 Å². The number of benzene rings is 2. The molecule has 0 saturated heterocycles. The van der Waals surface area contributed by atoms with Gasteiger partial charge in [-0.25, -0.2) is 0 Å². The van der Waals surface area contributed by atoms with Crippen molar-refractivity contribution in [1.29, 1.82) is 0 Å². The number of rotatable bonds is 4. The molecule has 0 atom stereocenters. The van der Waals surface area contributed by atoms with E-state index in [0.29, 0.717) is 0 Å². The average molecular weight is 286 g/mol. The van der Waals surface area contributed by atoms with Crippen LogP contribution in [0, 0.1) is 0 Å². The standard InChI is InChI=1S/C16H23NSi2/c1-18(2,3)17-19(4,15-11-7-5-8-12-15)16-13-9-6-10-14-16/h5-14,17H,1-4H3. The van der Waals surface area contributed by atoms with E-state index in [2.05, 4.69) is 91.5 Å². The zero-order valence-corrected chi connectivity index (χ0v) is 14.3. The van der Waals surface area contributed by atoms with Crippen molar-refractivity contribution >= 4 is 26.8 Å². The summed E-state index contributed by atoms with van der Waals surface area (Å²) in [5.74, 6) is 0. The molecule has 2 rings (SSSR count). The van der Waals surface area contributed by atoms with Crippen LogP contribution in [0.4, 0.5) is 0 Å². The zero-order valence-electron chi connectivity index (χ0n) is 12.3. The van der Waals surface area contributed by atoms with Gasteiger partial charge in [0.1, 0.15) is 8.24 Å². The Morgan fingerprint density at radius 1 is 0.632 bits per heavy atom. The first kappa shape index (κ1) is 14.2. The summed E-state index contributed by atoms with van der Waals surface area (Å²) >= 11 is 0. The Bertz CT molecular complexity index is 478. The van der Waals surface area contributed by atoms with Crippen molar-refractivity contribution in [3.05, 3.63) is 60.7 Å². The normalized spacial score (nSPS) is 12.4. The third-order valence-corrected chi connectivity index (χ3v) is 11.3. The average Bonchev–Trinajstić information content (AvgIpc) is 2.39. The van der Waals surface area contributed by atoms with Crippen LogP contribution >= 0.6 is 0 Å². The van der Waals surface area contributed by atoms with Crippen LogP contribution in [-0.2, 0) is 0 Å². The van der Waals surface area contributed by atoms with Crippen molar-refractivity contribution in [3.8, 4) is 0 Å². The molecule has 3 heteroatoms. The molecule has 2 aromatic carbocycles. The van der Waals surface area contributed by atoms with Crippen molar-refractivity contribution < 1.29 is 0 Å². The summed E-state index contributed by atoms with van der Waals surface area (Å²) in [7, 11) is -3.17. The van der Waals surface area contributed by atoms with Gasteiger partial charge in [-0.15, -0.1) is 0 Å². The SMILES string of the molecule is C[Si](C)(C)N[Si](C)(c1ccccc1)c1ccccc1. The first-order valence-electron chi connectivity index (χ1n) is 6.82. The number of hydrogen-bond donors (Lipinski definition) is 1. The van der Waals surface area contributed by atoms with E-state index in [4.69, 9.17) is 0 Å². The van der Waals surface area contributed by atoms with E-state index in [-0.39, 0.29) is 0 Å². The summed E-state index contributed by atoms with van der Waals surface area (Å²) < 4.78 is 4.04. The summed E-state index contributed by atoms with van der Waals surface area (Å²) in [5, 5.41) is 2.92. The molecule has 0 aliphatic heterocycles. The van der Waals surface area contributed by atoms with Gasteiger partial charge >= 0.3 is 0 Å². The first-order chi connectivity index (χ1) is 8.92. The van der Waals surface area contributed by atoms with E-state index >= 15 is 0 Å². The lowest BCUT2D eigenvalue weighted by Crippen LogP contribution is -2.72. The Morgan fingerprint density at radius 3 is 1.32 bits per heavy atom. The van der Waals surface area contributed by atoms with Gasteiger partial charge in [-0.2, -0.15) is 0 Å². The molecule has 0 amide bonds.